The molecule has 0 atom stereocenters. The van der Waals surface area contributed by atoms with Crippen molar-refractivity contribution in [2.45, 2.75) is 36.8 Å². The first-order valence-electron chi connectivity index (χ1n) is 6.33. The summed E-state index contributed by atoms with van der Waals surface area (Å²) in [5, 5.41) is 2.79. The van der Waals surface area contributed by atoms with Crippen LogP contribution in [0.5, 0.6) is 0 Å². The number of hydrogen-bond donors (Lipinski definition) is 2. The highest BCUT2D eigenvalue weighted by atomic mass is 32.2. The van der Waals surface area contributed by atoms with Crippen LogP contribution in [0.25, 0.3) is 0 Å². The molecule has 0 aliphatic heterocycles. The second kappa shape index (κ2) is 5.85. The largest absolute Gasteiger partial charge is 0.378 e. The van der Waals surface area contributed by atoms with Crippen LogP contribution in [0.15, 0.2) is 23.2 Å². The summed E-state index contributed by atoms with van der Waals surface area (Å²) in [5.41, 5.74) is 0. The van der Waals surface area contributed by atoms with E-state index in [4.69, 9.17) is 4.74 Å². The average molecular weight is 285 g/mol. The fourth-order valence-electron chi connectivity index (χ4n) is 2.11. The third-order valence-electron chi connectivity index (χ3n) is 3.12. The number of pyridine rings is 1. The van der Waals surface area contributed by atoms with Crippen molar-refractivity contribution in [3.8, 4) is 0 Å². The van der Waals surface area contributed by atoms with Gasteiger partial charge in [-0.3, -0.25) is 0 Å². The van der Waals surface area contributed by atoms with Crippen molar-refractivity contribution in [3.63, 3.8) is 0 Å². The lowest BCUT2D eigenvalue weighted by atomic mass is 9.90. The molecule has 1 aromatic rings. The molecule has 6 nitrogen and oxygen atoms in total. The molecule has 0 aromatic carbocycles. The first-order chi connectivity index (χ1) is 9.06. The molecule has 106 valence electrons. The number of sulfonamides is 1. The molecule has 2 N–H and O–H groups in total. The van der Waals surface area contributed by atoms with Gasteiger partial charge in [0, 0.05) is 25.9 Å². The lowest BCUT2D eigenvalue weighted by Crippen LogP contribution is -2.47. The lowest BCUT2D eigenvalue weighted by Gasteiger charge is -2.35. The number of aromatic nitrogens is 1. The quantitative estimate of drug-likeness (QED) is 0.814. The second-order valence-electron chi connectivity index (χ2n) is 4.47. The molecule has 2 rings (SSSR count). The highest BCUT2D eigenvalue weighted by Crippen LogP contribution is 2.26. The second-order valence-corrected chi connectivity index (χ2v) is 6.15. The van der Waals surface area contributed by atoms with E-state index in [-0.39, 0.29) is 17.0 Å². The van der Waals surface area contributed by atoms with Crippen LogP contribution >= 0.6 is 0 Å². The van der Waals surface area contributed by atoms with Crippen LogP contribution in [0, 0.1) is 0 Å². The Bertz CT molecular complexity index is 527. The van der Waals surface area contributed by atoms with Gasteiger partial charge in [0.1, 0.15) is 10.7 Å². The summed E-state index contributed by atoms with van der Waals surface area (Å²) < 4.78 is 32.6. The number of hydrogen-bond acceptors (Lipinski definition) is 5. The highest BCUT2D eigenvalue weighted by molar-refractivity contribution is 7.89. The summed E-state index contributed by atoms with van der Waals surface area (Å²) in [7, 11) is -1.88. The van der Waals surface area contributed by atoms with Crippen LogP contribution in [0.3, 0.4) is 0 Å². The maximum Gasteiger partial charge on any atom is 0.244 e. The van der Waals surface area contributed by atoms with E-state index in [9.17, 15) is 8.42 Å². The zero-order valence-electron chi connectivity index (χ0n) is 11.1. The van der Waals surface area contributed by atoms with Crippen molar-refractivity contribution < 1.29 is 13.2 Å². The van der Waals surface area contributed by atoms with Crippen molar-refractivity contribution >= 4 is 15.8 Å². The SMILES string of the molecule is CCOC1CC(NS(=O)(=O)c2cccnc2NC)C1. The minimum absolute atomic E-state index is 0.0496. The predicted molar refractivity (Wildman–Crippen MR) is 72.5 cm³/mol. The van der Waals surface area contributed by atoms with Crippen LogP contribution < -0.4 is 10.0 Å². The normalized spacial score (nSPS) is 22.8. The summed E-state index contributed by atoms with van der Waals surface area (Å²) in [6, 6.07) is 3.10. The van der Waals surface area contributed by atoms with E-state index >= 15 is 0 Å². The van der Waals surface area contributed by atoms with Gasteiger partial charge >= 0.3 is 0 Å². The molecule has 0 saturated heterocycles. The summed E-state index contributed by atoms with van der Waals surface area (Å²) in [6.45, 7) is 2.60. The molecule has 1 aliphatic rings. The summed E-state index contributed by atoms with van der Waals surface area (Å²) in [6.07, 6.45) is 3.18. The predicted octanol–water partition coefficient (Wildman–Crippen LogP) is 0.969. The van der Waals surface area contributed by atoms with Gasteiger partial charge in [-0.25, -0.2) is 18.1 Å². The zero-order valence-corrected chi connectivity index (χ0v) is 11.9. The molecular weight excluding hydrogens is 266 g/mol. The van der Waals surface area contributed by atoms with Gasteiger partial charge in [0.25, 0.3) is 0 Å². The van der Waals surface area contributed by atoms with Crippen molar-refractivity contribution in [2.75, 3.05) is 19.0 Å². The van der Waals surface area contributed by atoms with Crippen LogP contribution in [0.4, 0.5) is 5.82 Å². The number of anilines is 1. The molecule has 0 bridgehead atoms. The Morgan fingerprint density at radius 2 is 2.21 bits per heavy atom. The average Bonchev–Trinajstić information content (AvgIpc) is 2.36. The number of nitrogens with one attached hydrogen (secondary N) is 2. The van der Waals surface area contributed by atoms with Crippen LogP contribution in [0.2, 0.25) is 0 Å². The third kappa shape index (κ3) is 3.23. The van der Waals surface area contributed by atoms with E-state index in [1.54, 1.807) is 25.4 Å². The third-order valence-corrected chi connectivity index (χ3v) is 4.67. The Balaban J connectivity index is 2.03. The number of nitrogens with zero attached hydrogens (tertiary/aromatic N) is 1. The van der Waals surface area contributed by atoms with E-state index in [0.717, 1.165) is 12.8 Å². The maximum absolute atomic E-state index is 12.2. The standard InChI is InChI=1S/C12H19N3O3S/c1-3-18-10-7-9(8-10)15-19(16,17)11-5-4-6-14-12(11)13-2/h4-6,9-10,15H,3,7-8H2,1-2H3,(H,13,14). The molecule has 1 saturated carbocycles. The molecule has 1 aromatic heterocycles. The van der Waals surface area contributed by atoms with E-state index in [1.165, 1.54) is 0 Å². The van der Waals surface area contributed by atoms with Gasteiger partial charge in [-0.1, -0.05) is 0 Å². The monoisotopic (exact) mass is 285 g/mol. The molecule has 7 heteroatoms. The topological polar surface area (TPSA) is 80.3 Å². The number of ether oxygens (including phenoxy) is 1. The van der Waals surface area contributed by atoms with Gasteiger partial charge in [-0.05, 0) is 31.9 Å². The molecule has 1 aliphatic carbocycles. The zero-order chi connectivity index (χ0) is 13.9. The van der Waals surface area contributed by atoms with Crippen molar-refractivity contribution in [1.82, 2.24) is 9.71 Å². The Kier molecular flexibility index (Phi) is 4.38. The Morgan fingerprint density at radius 3 is 2.84 bits per heavy atom. The first kappa shape index (κ1) is 14.2. The van der Waals surface area contributed by atoms with E-state index in [1.807, 2.05) is 6.92 Å². The Morgan fingerprint density at radius 1 is 1.47 bits per heavy atom. The van der Waals surface area contributed by atoms with Gasteiger partial charge < -0.3 is 10.1 Å². The van der Waals surface area contributed by atoms with Crippen LogP contribution in [0.1, 0.15) is 19.8 Å². The van der Waals surface area contributed by atoms with Gasteiger partial charge in [0.15, 0.2) is 0 Å². The Hall–Kier alpha value is -1.18. The summed E-state index contributed by atoms with van der Waals surface area (Å²) in [4.78, 5) is 4.18. The van der Waals surface area contributed by atoms with Crippen molar-refractivity contribution in [2.24, 2.45) is 0 Å². The van der Waals surface area contributed by atoms with Crippen molar-refractivity contribution in [1.29, 1.82) is 0 Å². The smallest absolute Gasteiger partial charge is 0.244 e. The highest BCUT2D eigenvalue weighted by Gasteiger charge is 2.33. The minimum Gasteiger partial charge on any atom is -0.378 e. The van der Waals surface area contributed by atoms with Gasteiger partial charge in [0.05, 0.1) is 6.10 Å². The molecule has 0 amide bonds. The van der Waals surface area contributed by atoms with Crippen molar-refractivity contribution in [3.05, 3.63) is 18.3 Å². The lowest BCUT2D eigenvalue weighted by molar-refractivity contribution is -0.00475. The first-order valence-corrected chi connectivity index (χ1v) is 7.82. The van der Waals surface area contributed by atoms with Crippen LogP contribution in [-0.2, 0) is 14.8 Å². The molecule has 19 heavy (non-hydrogen) atoms. The van der Waals surface area contributed by atoms with E-state index < -0.39 is 10.0 Å². The molecular formula is C12H19N3O3S. The van der Waals surface area contributed by atoms with Crippen LogP contribution in [-0.4, -0.2) is 39.2 Å². The minimum atomic E-state index is -3.53. The fourth-order valence-corrected chi connectivity index (χ4v) is 3.54. The summed E-state index contributed by atoms with van der Waals surface area (Å²) in [5.74, 6) is 0.357. The molecule has 0 radical (unpaired) electrons. The van der Waals surface area contributed by atoms with Gasteiger partial charge in [-0.2, -0.15) is 0 Å². The summed E-state index contributed by atoms with van der Waals surface area (Å²) >= 11 is 0. The fraction of sp³-hybridized carbons (Fsp3) is 0.583. The maximum atomic E-state index is 12.2. The van der Waals surface area contributed by atoms with Gasteiger partial charge in [-0.15, -0.1) is 0 Å². The number of rotatable bonds is 6. The Labute approximate surface area is 113 Å². The van der Waals surface area contributed by atoms with E-state index in [2.05, 4.69) is 15.0 Å². The molecule has 1 fully saturated rings. The molecule has 0 unspecified atom stereocenters. The molecule has 0 spiro atoms. The molecule has 1 heterocycles. The van der Waals surface area contributed by atoms with E-state index in [0.29, 0.717) is 12.4 Å². The van der Waals surface area contributed by atoms with Gasteiger partial charge in [0.2, 0.25) is 10.0 Å².